The van der Waals surface area contributed by atoms with Gasteiger partial charge in [-0.15, -0.1) is 0 Å². The average molecular weight is 364 g/mol. The Morgan fingerprint density at radius 2 is 1.33 bits per heavy atom. The van der Waals surface area contributed by atoms with Crippen LogP contribution in [0.3, 0.4) is 0 Å². The minimum Gasteiger partial charge on any atom is -0.395 e. The van der Waals surface area contributed by atoms with Crippen LogP contribution in [0.15, 0.2) is 0 Å². The van der Waals surface area contributed by atoms with Crippen LogP contribution in [0, 0.1) is 0 Å². The van der Waals surface area contributed by atoms with E-state index in [1.807, 2.05) is 0 Å². The van der Waals surface area contributed by atoms with Gasteiger partial charge < -0.3 is 20.6 Å². The normalized spacial score (nSPS) is 28.3. The monoisotopic (exact) mass is 363 g/mol. The van der Waals surface area contributed by atoms with Crippen LogP contribution in [-0.2, 0) is 10.8 Å². The zero-order valence-electron chi connectivity index (χ0n) is 15.2. The molecule has 5 nitrogen and oxygen atoms in total. The van der Waals surface area contributed by atoms with E-state index in [9.17, 15) is 14.4 Å². The van der Waals surface area contributed by atoms with Crippen molar-refractivity contribution in [1.29, 1.82) is 0 Å². The molecule has 0 saturated carbocycles. The highest BCUT2D eigenvalue weighted by molar-refractivity contribution is 7.85. The van der Waals surface area contributed by atoms with Crippen molar-refractivity contribution in [2.45, 2.75) is 95.4 Å². The highest BCUT2D eigenvalue weighted by atomic mass is 32.2. The molecule has 0 aromatic heterocycles. The predicted molar refractivity (Wildman–Crippen MR) is 99.5 cm³/mol. The van der Waals surface area contributed by atoms with Gasteiger partial charge in [-0.2, -0.15) is 0 Å². The lowest BCUT2D eigenvalue weighted by atomic mass is 10.1. The van der Waals surface area contributed by atoms with E-state index in [0.717, 1.165) is 12.8 Å². The first-order valence-electron chi connectivity index (χ1n) is 9.68. The Balaban J connectivity index is 1.99. The van der Waals surface area contributed by atoms with Crippen molar-refractivity contribution in [1.82, 2.24) is 5.32 Å². The summed E-state index contributed by atoms with van der Waals surface area (Å²) in [6, 6.07) is -0.902. The van der Waals surface area contributed by atoms with E-state index in [-0.39, 0.29) is 12.6 Å². The molecular formula is C18H37NO4S. The number of nitrogens with one attached hydrogen (secondary N) is 1. The fourth-order valence-corrected chi connectivity index (χ4v) is 4.68. The molecule has 0 radical (unpaired) electrons. The summed E-state index contributed by atoms with van der Waals surface area (Å²) < 4.78 is 12.1. The lowest BCUT2D eigenvalue weighted by Crippen LogP contribution is -2.39. The van der Waals surface area contributed by atoms with Gasteiger partial charge in [0.25, 0.3) is 0 Å². The standard InChI is InChI=1S/C18H37NO4S/c1-2-3-4-5-6-7-8-9-10-11-12-24(23)14-16-18(22)17(21)15(13-20)19-16/h15-22H,2-14H2,1H3/t15-,16+,17-,18-,24?/m1/s1. The Hall–Kier alpha value is -0.0100. The van der Waals surface area contributed by atoms with E-state index in [0.29, 0.717) is 11.5 Å². The maximum atomic E-state index is 12.1. The maximum absolute atomic E-state index is 12.1. The molecule has 1 aliphatic rings. The summed E-state index contributed by atoms with van der Waals surface area (Å²) in [5.74, 6) is 0.993. The number of aliphatic hydroxyl groups excluding tert-OH is 3. The Bertz CT molecular complexity index is 343. The van der Waals surface area contributed by atoms with Crippen LogP contribution in [0.4, 0.5) is 0 Å². The van der Waals surface area contributed by atoms with E-state index < -0.39 is 29.0 Å². The van der Waals surface area contributed by atoms with Gasteiger partial charge in [-0.05, 0) is 6.42 Å². The Kier molecular flexibility index (Phi) is 12.1. The Labute approximate surface area is 149 Å². The van der Waals surface area contributed by atoms with E-state index >= 15 is 0 Å². The summed E-state index contributed by atoms with van der Waals surface area (Å²) in [6.45, 7) is 2.01. The summed E-state index contributed by atoms with van der Waals surface area (Å²) >= 11 is 0. The average Bonchev–Trinajstić information content (AvgIpc) is 2.84. The minimum atomic E-state index is -0.990. The van der Waals surface area contributed by atoms with Crippen LogP contribution in [-0.4, -0.2) is 61.9 Å². The molecule has 1 saturated heterocycles. The molecule has 0 spiro atoms. The summed E-state index contributed by atoms with van der Waals surface area (Å²) in [4.78, 5) is 0. The predicted octanol–water partition coefficient (Wildman–Crippen LogP) is 1.71. The summed E-state index contributed by atoms with van der Waals surface area (Å²) in [5.41, 5.74) is 0. The van der Waals surface area contributed by atoms with Crippen molar-refractivity contribution in [2.75, 3.05) is 18.1 Å². The smallest absolute Gasteiger partial charge is 0.0989 e. The van der Waals surface area contributed by atoms with Crippen LogP contribution in [0.1, 0.15) is 71.1 Å². The molecule has 0 bridgehead atoms. The van der Waals surface area contributed by atoms with Gasteiger partial charge in [-0.25, -0.2) is 0 Å². The Morgan fingerprint density at radius 3 is 1.83 bits per heavy atom. The lowest BCUT2D eigenvalue weighted by molar-refractivity contribution is 0.0218. The largest absolute Gasteiger partial charge is 0.395 e. The van der Waals surface area contributed by atoms with Gasteiger partial charge in [-0.3, -0.25) is 4.21 Å². The molecule has 1 heterocycles. The van der Waals surface area contributed by atoms with Crippen LogP contribution in [0.2, 0.25) is 0 Å². The third-order valence-corrected chi connectivity index (χ3v) is 6.37. The van der Waals surface area contributed by atoms with Crippen LogP contribution < -0.4 is 5.32 Å². The molecule has 5 atom stereocenters. The maximum Gasteiger partial charge on any atom is 0.0989 e. The number of hydrogen-bond acceptors (Lipinski definition) is 5. The third-order valence-electron chi connectivity index (χ3n) is 4.89. The molecule has 0 amide bonds. The number of aliphatic hydroxyl groups is 3. The zero-order chi connectivity index (χ0) is 17.8. The minimum absolute atomic E-state index is 0.222. The topological polar surface area (TPSA) is 89.8 Å². The quantitative estimate of drug-likeness (QED) is 0.353. The van der Waals surface area contributed by atoms with E-state index in [1.54, 1.807) is 0 Å². The van der Waals surface area contributed by atoms with Gasteiger partial charge in [0.2, 0.25) is 0 Å². The first kappa shape index (κ1) is 22.0. The van der Waals surface area contributed by atoms with Crippen molar-refractivity contribution in [3.63, 3.8) is 0 Å². The van der Waals surface area contributed by atoms with Gasteiger partial charge in [0, 0.05) is 28.3 Å². The molecule has 6 heteroatoms. The van der Waals surface area contributed by atoms with Crippen LogP contribution in [0.5, 0.6) is 0 Å². The molecule has 4 N–H and O–H groups in total. The van der Waals surface area contributed by atoms with Crippen molar-refractivity contribution in [3.8, 4) is 0 Å². The molecule has 1 fully saturated rings. The Morgan fingerprint density at radius 1 is 0.833 bits per heavy atom. The lowest BCUT2D eigenvalue weighted by Gasteiger charge is -2.15. The van der Waals surface area contributed by atoms with Gasteiger partial charge in [0.1, 0.15) is 0 Å². The first-order chi connectivity index (χ1) is 11.6. The molecule has 1 aliphatic heterocycles. The fourth-order valence-electron chi connectivity index (χ4n) is 3.29. The van der Waals surface area contributed by atoms with Crippen molar-refractivity contribution < 1.29 is 19.5 Å². The molecule has 0 aliphatic carbocycles. The van der Waals surface area contributed by atoms with Crippen LogP contribution >= 0.6 is 0 Å². The molecule has 1 rings (SSSR count). The van der Waals surface area contributed by atoms with E-state index in [4.69, 9.17) is 5.11 Å². The number of rotatable bonds is 14. The number of hydrogen-bond donors (Lipinski definition) is 4. The SMILES string of the molecule is CCCCCCCCCCCCS(=O)C[C@@H]1N[C@H](CO)[C@@H](O)[C@@H]1O. The van der Waals surface area contributed by atoms with E-state index in [2.05, 4.69) is 12.2 Å². The zero-order valence-corrected chi connectivity index (χ0v) is 16.0. The van der Waals surface area contributed by atoms with Gasteiger partial charge >= 0.3 is 0 Å². The van der Waals surface area contributed by atoms with Crippen molar-refractivity contribution in [3.05, 3.63) is 0 Å². The van der Waals surface area contributed by atoms with Crippen molar-refractivity contribution in [2.24, 2.45) is 0 Å². The second kappa shape index (κ2) is 13.2. The molecule has 24 heavy (non-hydrogen) atoms. The van der Waals surface area contributed by atoms with Crippen molar-refractivity contribution >= 4 is 10.8 Å². The fraction of sp³-hybridized carbons (Fsp3) is 1.00. The molecular weight excluding hydrogens is 326 g/mol. The number of unbranched alkanes of at least 4 members (excludes halogenated alkanes) is 9. The summed E-state index contributed by atoms with van der Waals surface area (Å²) in [5, 5.41) is 31.7. The van der Waals surface area contributed by atoms with E-state index in [1.165, 1.54) is 51.4 Å². The molecule has 144 valence electrons. The molecule has 0 aromatic rings. The first-order valence-corrected chi connectivity index (χ1v) is 11.2. The van der Waals surface area contributed by atoms with Gasteiger partial charge in [0.05, 0.1) is 24.9 Å². The highest BCUT2D eigenvalue weighted by Crippen LogP contribution is 2.16. The third kappa shape index (κ3) is 8.39. The molecule has 1 unspecified atom stereocenters. The summed E-state index contributed by atoms with van der Waals surface area (Å²) in [6.07, 6.45) is 10.6. The van der Waals surface area contributed by atoms with Gasteiger partial charge in [-0.1, -0.05) is 64.7 Å². The second-order valence-corrected chi connectivity index (χ2v) is 8.66. The highest BCUT2D eigenvalue weighted by Gasteiger charge is 2.40. The van der Waals surface area contributed by atoms with Crippen LogP contribution in [0.25, 0.3) is 0 Å². The van der Waals surface area contributed by atoms with Gasteiger partial charge in [0.15, 0.2) is 0 Å². The summed E-state index contributed by atoms with van der Waals surface area (Å²) in [7, 11) is -0.990. The second-order valence-electron chi connectivity index (χ2n) is 7.04. The molecule has 0 aromatic carbocycles.